The van der Waals surface area contributed by atoms with Crippen molar-refractivity contribution in [2.24, 2.45) is 0 Å². The second kappa shape index (κ2) is 15.1. The highest BCUT2D eigenvalue weighted by molar-refractivity contribution is 8.26. The van der Waals surface area contributed by atoms with E-state index in [0.717, 1.165) is 48.3 Å². The molecule has 10 heteroatoms. The lowest BCUT2D eigenvalue weighted by Crippen LogP contribution is -2.30. The van der Waals surface area contributed by atoms with Crippen LogP contribution in [0.25, 0.3) is 17.2 Å². The van der Waals surface area contributed by atoms with E-state index >= 15 is 0 Å². The van der Waals surface area contributed by atoms with Crippen LogP contribution in [-0.4, -0.2) is 70.5 Å². The van der Waals surface area contributed by atoms with Gasteiger partial charge in [-0.2, -0.15) is 0 Å². The number of carboxylic acid groups (broad SMARTS) is 1. The molecular formula is C34H35ClN2O5S2. The number of hydrogen-bond donors (Lipinski definition) is 1. The van der Waals surface area contributed by atoms with Gasteiger partial charge in [0.15, 0.2) is 0 Å². The third-order valence-electron chi connectivity index (χ3n) is 7.59. The minimum Gasteiger partial charge on any atom is -0.492 e. The van der Waals surface area contributed by atoms with Crippen LogP contribution in [-0.2, 0) is 11.2 Å². The number of carbonyl (C=O) groups excluding carboxylic acids is 1. The lowest BCUT2D eigenvalue weighted by molar-refractivity contribution is -0.122. The Labute approximate surface area is 272 Å². The number of rotatable bonds is 13. The Morgan fingerprint density at radius 3 is 2.34 bits per heavy atom. The zero-order valence-corrected chi connectivity index (χ0v) is 27.0. The number of amides is 1. The lowest BCUT2D eigenvalue weighted by atomic mass is 10.0. The Kier molecular flexibility index (Phi) is 11.0. The van der Waals surface area contributed by atoms with Crippen LogP contribution < -0.4 is 9.47 Å². The van der Waals surface area contributed by atoms with Crippen molar-refractivity contribution < 1.29 is 24.2 Å². The molecule has 0 spiro atoms. The summed E-state index contributed by atoms with van der Waals surface area (Å²) in [6, 6.07) is 18.4. The summed E-state index contributed by atoms with van der Waals surface area (Å²) in [6.45, 7) is 6.65. The van der Waals surface area contributed by atoms with Crippen molar-refractivity contribution in [3.8, 4) is 22.6 Å². The van der Waals surface area contributed by atoms with Gasteiger partial charge in [-0.25, -0.2) is 4.79 Å². The van der Waals surface area contributed by atoms with Crippen molar-refractivity contribution in [2.75, 3.05) is 39.4 Å². The number of likely N-dealkylation sites (tertiary alicyclic amines) is 1. The van der Waals surface area contributed by atoms with Crippen molar-refractivity contribution in [3.05, 3.63) is 87.3 Å². The Morgan fingerprint density at radius 1 is 0.977 bits per heavy atom. The molecule has 5 rings (SSSR count). The van der Waals surface area contributed by atoms with Crippen LogP contribution in [0.15, 0.2) is 65.6 Å². The van der Waals surface area contributed by atoms with Gasteiger partial charge in [0.2, 0.25) is 0 Å². The monoisotopic (exact) mass is 650 g/mol. The van der Waals surface area contributed by atoms with Gasteiger partial charge in [0.1, 0.15) is 22.4 Å². The average molecular weight is 651 g/mol. The van der Waals surface area contributed by atoms with Gasteiger partial charge in [-0.1, -0.05) is 66.8 Å². The van der Waals surface area contributed by atoms with E-state index in [2.05, 4.69) is 4.90 Å². The highest BCUT2D eigenvalue weighted by Crippen LogP contribution is 2.37. The molecule has 0 aromatic heterocycles. The molecule has 2 heterocycles. The predicted octanol–water partition coefficient (Wildman–Crippen LogP) is 7.41. The molecule has 1 N–H and O–H groups in total. The molecule has 0 atom stereocenters. The molecule has 2 aliphatic rings. The summed E-state index contributed by atoms with van der Waals surface area (Å²) in [6.07, 6.45) is 5.75. The van der Waals surface area contributed by atoms with Gasteiger partial charge in [-0.3, -0.25) is 14.6 Å². The SMILES string of the molecule is CCCOc1ccc(-c2ccc(OCCN3CCCC3)c(/C=C3\SC(=S)N(CCc4ccc(C(=O)O)cc4)C3=O)c2)cc1Cl. The third kappa shape index (κ3) is 8.01. The minimum atomic E-state index is -0.969. The predicted molar refractivity (Wildman–Crippen MR) is 181 cm³/mol. The Hall–Kier alpha value is -3.37. The fourth-order valence-corrected chi connectivity index (χ4v) is 6.70. The van der Waals surface area contributed by atoms with Crippen LogP contribution in [0.4, 0.5) is 0 Å². The van der Waals surface area contributed by atoms with Crippen molar-refractivity contribution in [1.29, 1.82) is 0 Å². The smallest absolute Gasteiger partial charge is 0.335 e. The van der Waals surface area contributed by atoms with E-state index < -0.39 is 5.97 Å². The quantitative estimate of drug-likeness (QED) is 0.151. The number of ether oxygens (including phenoxy) is 2. The normalized spacial score (nSPS) is 16.2. The summed E-state index contributed by atoms with van der Waals surface area (Å²) in [5.74, 6) is 0.228. The summed E-state index contributed by atoms with van der Waals surface area (Å²) in [5, 5.41) is 9.69. The Bertz CT molecular complexity index is 1550. The lowest BCUT2D eigenvalue weighted by Gasteiger charge is -2.17. The average Bonchev–Trinajstić information content (AvgIpc) is 3.63. The van der Waals surface area contributed by atoms with E-state index in [0.29, 0.717) is 51.9 Å². The number of carbonyl (C=O) groups is 2. The topological polar surface area (TPSA) is 79.3 Å². The number of halogens is 1. The summed E-state index contributed by atoms with van der Waals surface area (Å²) >= 11 is 13.4. The summed E-state index contributed by atoms with van der Waals surface area (Å²) in [5.41, 5.74) is 3.81. The third-order valence-corrected chi connectivity index (χ3v) is 9.26. The maximum Gasteiger partial charge on any atom is 0.335 e. The van der Waals surface area contributed by atoms with E-state index in [1.54, 1.807) is 29.2 Å². The van der Waals surface area contributed by atoms with Gasteiger partial charge in [0, 0.05) is 18.7 Å². The molecular weight excluding hydrogens is 616 g/mol. The van der Waals surface area contributed by atoms with Crippen molar-refractivity contribution in [3.63, 3.8) is 0 Å². The molecule has 3 aromatic carbocycles. The summed E-state index contributed by atoms with van der Waals surface area (Å²) in [7, 11) is 0. The molecule has 0 radical (unpaired) electrons. The van der Waals surface area contributed by atoms with Crippen LogP contribution >= 0.6 is 35.6 Å². The number of nitrogens with zero attached hydrogens (tertiary/aromatic N) is 2. The number of aromatic carboxylic acids is 1. The molecule has 7 nitrogen and oxygen atoms in total. The first-order valence-electron chi connectivity index (χ1n) is 14.8. The molecule has 2 fully saturated rings. The van der Waals surface area contributed by atoms with E-state index in [4.69, 9.17) is 38.4 Å². The molecule has 2 aliphatic heterocycles. The van der Waals surface area contributed by atoms with Crippen LogP contribution in [0, 0.1) is 0 Å². The number of hydrogen-bond acceptors (Lipinski definition) is 7. The van der Waals surface area contributed by atoms with Gasteiger partial charge >= 0.3 is 5.97 Å². The Morgan fingerprint density at radius 2 is 1.66 bits per heavy atom. The van der Waals surface area contributed by atoms with Gasteiger partial charge in [0.05, 0.1) is 22.1 Å². The number of thioether (sulfide) groups is 1. The van der Waals surface area contributed by atoms with Crippen molar-refractivity contribution in [1.82, 2.24) is 9.80 Å². The fourth-order valence-electron chi connectivity index (χ4n) is 5.16. The number of thiocarbonyl (C=S) groups is 1. The molecule has 1 amide bonds. The number of benzene rings is 3. The van der Waals surface area contributed by atoms with Crippen molar-refractivity contribution in [2.45, 2.75) is 32.6 Å². The standard InChI is InChI=1S/C34H35ClN2O5S2/c1-2-18-41-30-12-10-26(21-28(30)35)25-9-11-29(42-19-17-36-14-3-4-15-36)27(20-25)22-31-32(38)37(34(43)44-31)16-13-23-5-7-24(8-6-23)33(39)40/h5-12,20-22H,2-4,13-19H2,1H3,(H,39,40)/b31-22-. The van der Waals surface area contributed by atoms with Crippen LogP contribution in [0.1, 0.15) is 47.7 Å². The van der Waals surface area contributed by atoms with Gasteiger partial charge in [-0.05, 0) is 97.9 Å². The molecule has 2 saturated heterocycles. The zero-order chi connectivity index (χ0) is 31.1. The van der Waals surface area contributed by atoms with Crippen molar-refractivity contribution >= 4 is 57.9 Å². The first-order chi connectivity index (χ1) is 21.3. The van der Waals surface area contributed by atoms with Crippen LogP contribution in [0.3, 0.4) is 0 Å². The van der Waals surface area contributed by atoms with Gasteiger partial charge < -0.3 is 14.6 Å². The van der Waals surface area contributed by atoms with E-state index in [1.165, 1.54) is 24.6 Å². The molecule has 0 saturated carbocycles. The largest absolute Gasteiger partial charge is 0.492 e. The first kappa shape index (κ1) is 32.0. The molecule has 0 unspecified atom stereocenters. The minimum absolute atomic E-state index is 0.156. The van der Waals surface area contributed by atoms with Crippen LogP contribution in [0.2, 0.25) is 5.02 Å². The van der Waals surface area contributed by atoms with Gasteiger partial charge in [-0.15, -0.1) is 0 Å². The molecule has 3 aromatic rings. The fraction of sp³-hybridized carbons (Fsp3) is 0.324. The highest BCUT2D eigenvalue weighted by atomic mass is 35.5. The van der Waals surface area contributed by atoms with E-state index in [1.807, 2.05) is 49.4 Å². The first-order valence-corrected chi connectivity index (χ1v) is 16.4. The molecule has 0 bridgehead atoms. The van der Waals surface area contributed by atoms with Crippen LogP contribution in [0.5, 0.6) is 11.5 Å². The van der Waals surface area contributed by atoms with E-state index in [9.17, 15) is 9.59 Å². The maximum absolute atomic E-state index is 13.5. The summed E-state index contributed by atoms with van der Waals surface area (Å²) in [4.78, 5) is 29.2. The summed E-state index contributed by atoms with van der Waals surface area (Å²) < 4.78 is 12.5. The molecule has 44 heavy (non-hydrogen) atoms. The zero-order valence-electron chi connectivity index (χ0n) is 24.6. The van der Waals surface area contributed by atoms with Gasteiger partial charge in [0.25, 0.3) is 5.91 Å². The molecule has 0 aliphatic carbocycles. The molecule has 230 valence electrons. The number of carboxylic acids is 1. The maximum atomic E-state index is 13.5. The van der Waals surface area contributed by atoms with E-state index in [-0.39, 0.29) is 11.5 Å². The second-order valence-corrected chi connectivity index (χ2v) is 12.8. The highest BCUT2D eigenvalue weighted by Gasteiger charge is 2.32. The Balaban J connectivity index is 1.36. The second-order valence-electron chi connectivity index (χ2n) is 10.7.